The Morgan fingerprint density at radius 3 is 2.64 bits per heavy atom. The van der Waals surface area contributed by atoms with E-state index in [0.717, 1.165) is 13.0 Å². The Bertz CT molecular complexity index is 532. The summed E-state index contributed by atoms with van der Waals surface area (Å²) in [5, 5.41) is 3.04. The van der Waals surface area contributed by atoms with Crippen molar-refractivity contribution in [2.75, 3.05) is 33.7 Å². The summed E-state index contributed by atoms with van der Waals surface area (Å²) in [4.78, 5) is 29.0. The predicted octanol–water partition coefficient (Wildman–Crippen LogP) is 1.36. The number of nitrogens with one attached hydrogen (secondary N) is 1. The van der Waals surface area contributed by atoms with Crippen LogP contribution in [0.25, 0.3) is 0 Å². The molecule has 22 heavy (non-hydrogen) atoms. The van der Waals surface area contributed by atoms with Gasteiger partial charge in [0.25, 0.3) is 5.91 Å². The molecular weight excluding hydrogens is 278 g/mol. The first-order valence-corrected chi connectivity index (χ1v) is 7.78. The number of hydrogen-bond donors (Lipinski definition) is 1. The zero-order valence-electron chi connectivity index (χ0n) is 13.6. The van der Waals surface area contributed by atoms with E-state index < -0.39 is 5.54 Å². The van der Waals surface area contributed by atoms with Gasteiger partial charge in [-0.3, -0.25) is 9.59 Å². The molecule has 1 N–H and O–H groups in total. The number of carbonyl (C=O) groups excluding carboxylic acids is 2. The molecule has 1 saturated heterocycles. The van der Waals surface area contributed by atoms with Crippen LogP contribution in [0, 0.1) is 0 Å². The summed E-state index contributed by atoms with van der Waals surface area (Å²) in [5.74, 6) is -0.0412. The van der Waals surface area contributed by atoms with Gasteiger partial charge in [-0.1, -0.05) is 18.2 Å². The molecule has 0 aromatic heterocycles. The van der Waals surface area contributed by atoms with Crippen LogP contribution in [0.2, 0.25) is 0 Å². The van der Waals surface area contributed by atoms with E-state index in [1.165, 1.54) is 0 Å². The van der Waals surface area contributed by atoms with Gasteiger partial charge in [0.15, 0.2) is 0 Å². The summed E-state index contributed by atoms with van der Waals surface area (Å²) in [7, 11) is 3.66. The van der Waals surface area contributed by atoms with Crippen molar-refractivity contribution >= 4 is 11.8 Å². The van der Waals surface area contributed by atoms with Crippen LogP contribution in [0.1, 0.15) is 30.1 Å². The second-order valence-electron chi connectivity index (χ2n) is 6.03. The molecule has 0 radical (unpaired) electrons. The largest absolute Gasteiger partial charge is 0.342 e. The normalized spacial score (nSPS) is 21.0. The van der Waals surface area contributed by atoms with E-state index in [0.29, 0.717) is 25.1 Å². The van der Waals surface area contributed by atoms with Crippen molar-refractivity contribution in [2.24, 2.45) is 0 Å². The molecular formula is C17H25N3O2. The molecule has 2 amide bonds. The lowest BCUT2D eigenvalue weighted by molar-refractivity contribution is -0.139. The lowest BCUT2D eigenvalue weighted by Gasteiger charge is -2.37. The van der Waals surface area contributed by atoms with E-state index in [9.17, 15) is 9.59 Å². The van der Waals surface area contributed by atoms with Crippen LogP contribution in [0.3, 0.4) is 0 Å². The van der Waals surface area contributed by atoms with E-state index >= 15 is 0 Å². The fourth-order valence-corrected chi connectivity index (χ4v) is 3.04. The minimum absolute atomic E-state index is 0.0181. The number of likely N-dealkylation sites (tertiary alicyclic amines) is 1. The average molecular weight is 303 g/mol. The average Bonchev–Trinajstić information content (AvgIpc) is 2.94. The smallest absolute Gasteiger partial charge is 0.254 e. The maximum absolute atomic E-state index is 12.8. The van der Waals surface area contributed by atoms with Crippen LogP contribution in [0.5, 0.6) is 0 Å². The maximum atomic E-state index is 12.8. The van der Waals surface area contributed by atoms with Crippen molar-refractivity contribution in [1.82, 2.24) is 15.1 Å². The van der Waals surface area contributed by atoms with Gasteiger partial charge in [0, 0.05) is 32.2 Å². The Morgan fingerprint density at radius 2 is 2.00 bits per heavy atom. The molecule has 120 valence electrons. The minimum Gasteiger partial charge on any atom is -0.342 e. The van der Waals surface area contributed by atoms with Crippen molar-refractivity contribution in [3.05, 3.63) is 35.9 Å². The third kappa shape index (κ3) is 3.14. The fraction of sp³-hybridized carbons (Fsp3) is 0.529. The van der Waals surface area contributed by atoms with Gasteiger partial charge in [-0.05, 0) is 38.9 Å². The topological polar surface area (TPSA) is 52.7 Å². The molecule has 5 heteroatoms. The van der Waals surface area contributed by atoms with E-state index in [1.54, 1.807) is 29.0 Å². The summed E-state index contributed by atoms with van der Waals surface area (Å²) in [6.45, 7) is 3.90. The Labute approximate surface area is 132 Å². The molecule has 1 heterocycles. The summed E-state index contributed by atoms with van der Waals surface area (Å²) < 4.78 is 0. The van der Waals surface area contributed by atoms with Gasteiger partial charge in [0.05, 0.1) is 0 Å². The van der Waals surface area contributed by atoms with E-state index in [4.69, 9.17) is 0 Å². The quantitative estimate of drug-likeness (QED) is 0.893. The molecule has 0 saturated carbocycles. The molecule has 1 fully saturated rings. The van der Waals surface area contributed by atoms with Crippen LogP contribution in [-0.2, 0) is 4.79 Å². The van der Waals surface area contributed by atoms with Crippen molar-refractivity contribution < 1.29 is 9.59 Å². The maximum Gasteiger partial charge on any atom is 0.254 e. The monoisotopic (exact) mass is 303 g/mol. The van der Waals surface area contributed by atoms with E-state index in [2.05, 4.69) is 5.32 Å². The molecule has 1 aromatic carbocycles. The van der Waals surface area contributed by atoms with Gasteiger partial charge in [0.2, 0.25) is 5.91 Å². The number of benzene rings is 1. The van der Waals surface area contributed by atoms with Crippen LogP contribution >= 0.6 is 0 Å². The first kappa shape index (κ1) is 16.5. The molecule has 2 rings (SSSR count). The van der Waals surface area contributed by atoms with Crippen LogP contribution in [-0.4, -0.2) is 60.9 Å². The van der Waals surface area contributed by atoms with Crippen LogP contribution < -0.4 is 5.32 Å². The van der Waals surface area contributed by atoms with Crippen molar-refractivity contribution in [3.8, 4) is 0 Å². The minimum atomic E-state index is -0.741. The molecule has 1 unspecified atom stereocenters. The van der Waals surface area contributed by atoms with Gasteiger partial charge in [0.1, 0.15) is 5.54 Å². The van der Waals surface area contributed by atoms with Crippen molar-refractivity contribution in [3.63, 3.8) is 0 Å². The predicted molar refractivity (Wildman–Crippen MR) is 86.7 cm³/mol. The number of likely N-dealkylation sites (N-methyl/N-ethyl adjacent to an activating group) is 2. The number of rotatable bonds is 5. The van der Waals surface area contributed by atoms with Gasteiger partial charge >= 0.3 is 0 Å². The lowest BCUT2D eigenvalue weighted by atomic mass is 9.96. The third-order valence-electron chi connectivity index (χ3n) is 4.41. The Kier molecular flexibility index (Phi) is 5.19. The zero-order valence-corrected chi connectivity index (χ0v) is 13.6. The first-order valence-electron chi connectivity index (χ1n) is 7.78. The molecule has 5 nitrogen and oxygen atoms in total. The summed E-state index contributed by atoms with van der Waals surface area (Å²) >= 11 is 0. The molecule has 1 aliphatic rings. The van der Waals surface area contributed by atoms with Crippen molar-refractivity contribution in [2.45, 2.75) is 25.3 Å². The number of nitrogens with zero attached hydrogens (tertiary/aromatic N) is 2. The van der Waals surface area contributed by atoms with Crippen LogP contribution in [0.4, 0.5) is 0 Å². The van der Waals surface area contributed by atoms with Gasteiger partial charge < -0.3 is 15.1 Å². The molecule has 0 spiro atoms. The highest BCUT2D eigenvalue weighted by atomic mass is 16.2. The van der Waals surface area contributed by atoms with Gasteiger partial charge in [-0.15, -0.1) is 0 Å². The van der Waals surface area contributed by atoms with Gasteiger partial charge in [-0.25, -0.2) is 0 Å². The molecule has 1 aliphatic heterocycles. The number of carbonyl (C=O) groups is 2. The number of hydrogen-bond acceptors (Lipinski definition) is 3. The van der Waals surface area contributed by atoms with E-state index in [-0.39, 0.29) is 11.8 Å². The summed E-state index contributed by atoms with van der Waals surface area (Å²) in [6.07, 6.45) is 1.58. The highest BCUT2D eigenvalue weighted by Crippen LogP contribution is 2.32. The molecule has 0 bridgehead atoms. The van der Waals surface area contributed by atoms with Crippen LogP contribution in [0.15, 0.2) is 30.3 Å². The lowest BCUT2D eigenvalue weighted by Crippen LogP contribution is -2.56. The number of amides is 2. The SMILES string of the molecule is CNCCN(C)C(=O)C1(C)CCCN1C(=O)c1ccccc1. The molecule has 1 atom stereocenters. The molecule has 1 aromatic rings. The fourth-order valence-electron chi connectivity index (χ4n) is 3.04. The molecule has 0 aliphatic carbocycles. The third-order valence-corrected chi connectivity index (χ3v) is 4.41. The van der Waals surface area contributed by atoms with E-state index in [1.807, 2.05) is 32.2 Å². The standard InChI is InChI=1S/C17H25N3O2/c1-17(16(22)19(3)13-11-18-2)10-7-12-20(17)15(21)14-8-5-4-6-9-14/h4-6,8-9,18H,7,10-13H2,1-3H3. The second kappa shape index (κ2) is 6.92. The van der Waals surface area contributed by atoms with Gasteiger partial charge in [-0.2, -0.15) is 0 Å². The highest BCUT2D eigenvalue weighted by molar-refractivity contribution is 5.99. The summed E-state index contributed by atoms with van der Waals surface area (Å²) in [6, 6.07) is 9.19. The Hall–Kier alpha value is -1.88. The first-order chi connectivity index (χ1) is 10.5. The Morgan fingerprint density at radius 1 is 1.32 bits per heavy atom. The summed E-state index contributed by atoms with van der Waals surface area (Å²) in [5.41, 5.74) is -0.101. The van der Waals surface area contributed by atoms with Crippen molar-refractivity contribution in [1.29, 1.82) is 0 Å². The Balaban J connectivity index is 2.18. The highest BCUT2D eigenvalue weighted by Gasteiger charge is 2.46. The second-order valence-corrected chi connectivity index (χ2v) is 6.03. The zero-order chi connectivity index (χ0) is 16.2.